The molecule has 0 saturated carbocycles. The van der Waals surface area contributed by atoms with Crippen LogP contribution in [0.3, 0.4) is 0 Å². The van der Waals surface area contributed by atoms with E-state index < -0.39 is 10.0 Å². The van der Waals surface area contributed by atoms with Crippen molar-refractivity contribution < 1.29 is 13.2 Å². The second-order valence-corrected chi connectivity index (χ2v) is 10.5. The first-order valence-corrected chi connectivity index (χ1v) is 12.2. The van der Waals surface area contributed by atoms with Crippen LogP contribution in [0.2, 0.25) is 0 Å². The van der Waals surface area contributed by atoms with Gasteiger partial charge in [0, 0.05) is 16.8 Å². The number of nitrogens with two attached hydrogens (primary N) is 1. The number of carbonyl (C=O) groups is 1. The Morgan fingerprint density at radius 1 is 1.28 bits per heavy atom. The van der Waals surface area contributed by atoms with Gasteiger partial charge >= 0.3 is 0 Å². The minimum Gasteiger partial charge on any atom is -0.351 e. The first-order valence-electron chi connectivity index (χ1n) is 9.00. The van der Waals surface area contributed by atoms with Gasteiger partial charge in [0.25, 0.3) is 0 Å². The van der Waals surface area contributed by atoms with E-state index in [1.54, 1.807) is 23.5 Å². The Hall–Kier alpha value is -2.01. The lowest BCUT2D eigenvalue weighted by atomic mass is 10.2. The molecule has 29 heavy (non-hydrogen) atoms. The molecule has 0 aliphatic heterocycles. The molecule has 0 fully saturated rings. The van der Waals surface area contributed by atoms with E-state index in [1.807, 2.05) is 13.8 Å². The van der Waals surface area contributed by atoms with E-state index in [0.717, 1.165) is 27.2 Å². The van der Waals surface area contributed by atoms with Crippen molar-refractivity contribution in [3.8, 4) is 0 Å². The third-order valence-electron chi connectivity index (χ3n) is 4.25. The predicted molar refractivity (Wildman–Crippen MR) is 117 cm³/mol. The van der Waals surface area contributed by atoms with Crippen LogP contribution in [0, 0.1) is 6.92 Å². The van der Waals surface area contributed by atoms with Crippen LogP contribution in [0.4, 0.5) is 0 Å². The van der Waals surface area contributed by atoms with Crippen LogP contribution in [-0.4, -0.2) is 29.5 Å². The molecular weight excluding hydrogens is 428 g/mol. The Balaban J connectivity index is 1.66. The summed E-state index contributed by atoms with van der Waals surface area (Å²) in [6.07, 6.45) is 0.935. The van der Waals surface area contributed by atoms with Crippen molar-refractivity contribution in [3.05, 3.63) is 46.6 Å². The molecule has 0 radical (unpaired) electrons. The lowest BCUT2D eigenvalue weighted by Crippen LogP contribution is -2.30. The number of thioether (sulfide) groups is 1. The van der Waals surface area contributed by atoms with E-state index in [1.165, 1.54) is 28.8 Å². The summed E-state index contributed by atoms with van der Waals surface area (Å²) in [5.74, 6) is 0.563. The molecule has 0 aliphatic carbocycles. The summed E-state index contributed by atoms with van der Waals surface area (Å²) in [6.45, 7) is 6.08. The number of sulfonamides is 1. The van der Waals surface area contributed by atoms with Gasteiger partial charge in [-0.2, -0.15) is 0 Å². The van der Waals surface area contributed by atoms with Crippen LogP contribution in [0.15, 0.2) is 40.3 Å². The summed E-state index contributed by atoms with van der Waals surface area (Å²) in [7, 11) is -3.72. The number of rotatable bonds is 7. The Kier molecular flexibility index (Phi) is 6.57. The van der Waals surface area contributed by atoms with Crippen LogP contribution in [-0.2, 0) is 27.8 Å². The van der Waals surface area contributed by atoms with Gasteiger partial charge in [0.2, 0.25) is 15.9 Å². The average molecular weight is 451 g/mol. The number of hydrogen-bond donors (Lipinski definition) is 2. The number of carbonyl (C=O) groups excluding carboxylic acids is 1. The maximum Gasteiger partial charge on any atom is 0.238 e. The lowest BCUT2D eigenvalue weighted by Gasteiger charge is -2.12. The van der Waals surface area contributed by atoms with Gasteiger partial charge in [-0.05, 0) is 44.0 Å². The molecule has 1 atom stereocenters. The Morgan fingerprint density at radius 3 is 2.59 bits per heavy atom. The van der Waals surface area contributed by atoms with Gasteiger partial charge in [-0.3, -0.25) is 4.79 Å². The van der Waals surface area contributed by atoms with Gasteiger partial charge < -0.3 is 5.32 Å². The normalized spacial score (nSPS) is 12.8. The number of nitrogens with one attached hydrogen (secondary N) is 1. The van der Waals surface area contributed by atoms with Gasteiger partial charge in [0.05, 0.1) is 10.1 Å². The summed E-state index contributed by atoms with van der Waals surface area (Å²) >= 11 is 3.06. The first kappa shape index (κ1) is 21.7. The number of nitrogens with zero attached hydrogens (tertiary/aromatic N) is 2. The molecule has 0 spiro atoms. The minimum atomic E-state index is -3.72. The number of amides is 1. The van der Waals surface area contributed by atoms with E-state index >= 15 is 0 Å². The van der Waals surface area contributed by atoms with E-state index in [0.29, 0.717) is 12.4 Å². The number of fused-ring (bicyclic) bond motifs is 1. The fourth-order valence-electron chi connectivity index (χ4n) is 2.66. The second-order valence-electron chi connectivity index (χ2n) is 6.53. The topological polar surface area (TPSA) is 115 Å². The Bertz CT molecular complexity index is 1140. The van der Waals surface area contributed by atoms with Gasteiger partial charge in [-0.1, -0.05) is 30.8 Å². The van der Waals surface area contributed by atoms with Gasteiger partial charge in [0.15, 0.2) is 0 Å². The summed E-state index contributed by atoms with van der Waals surface area (Å²) < 4.78 is 22.6. The van der Waals surface area contributed by atoms with E-state index in [9.17, 15) is 13.2 Å². The highest BCUT2D eigenvalue weighted by molar-refractivity contribution is 8.00. The van der Waals surface area contributed by atoms with Crippen molar-refractivity contribution >= 4 is 49.2 Å². The fraction of sp³-hybridized carbons (Fsp3) is 0.316. The molecule has 10 heteroatoms. The molecule has 1 unspecified atom stereocenters. The Labute approximate surface area is 178 Å². The summed E-state index contributed by atoms with van der Waals surface area (Å²) in [5.41, 5.74) is 0.786. The second kappa shape index (κ2) is 8.78. The highest BCUT2D eigenvalue weighted by Gasteiger charge is 2.18. The molecule has 3 aromatic rings. The highest BCUT2D eigenvalue weighted by Crippen LogP contribution is 2.33. The van der Waals surface area contributed by atoms with E-state index in [4.69, 9.17) is 5.14 Å². The smallest absolute Gasteiger partial charge is 0.238 e. The van der Waals surface area contributed by atoms with Crippen molar-refractivity contribution in [2.24, 2.45) is 5.14 Å². The summed E-state index contributed by atoms with van der Waals surface area (Å²) in [4.78, 5) is 23.8. The monoisotopic (exact) mass is 450 g/mol. The largest absolute Gasteiger partial charge is 0.351 e. The SMILES string of the molecule is CCc1cc2c(SC(C)C(=O)NCc3ccc(S(N)(=O)=O)cc3)nc(C)nc2s1. The standard InChI is InChI=1S/C19H22N4O3S3/c1-4-14-9-16-18(22-12(3)23-19(16)28-14)27-11(2)17(24)21-10-13-5-7-15(8-6-13)29(20,25)26/h5-9,11H,4,10H2,1-3H3,(H,21,24)(H2,20,25,26). The molecule has 3 rings (SSSR count). The van der Waals surface area contributed by atoms with Crippen LogP contribution >= 0.6 is 23.1 Å². The van der Waals surface area contributed by atoms with Gasteiger partial charge in [0.1, 0.15) is 15.7 Å². The van der Waals surface area contributed by atoms with E-state index in [2.05, 4.69) is 28.3 Å². The number of aromatic nitrogens is 2. The van der Waals surface area contributed by atoms with Crippen molar-refractivity contribution in [1.29, 1.82) is 0 Å². The molecule has 154 valence electrons. The molecular formula is C19H22N4O3S3. The molecule has 1 amide bonds. The number of thiophene rings is 1. The van der Waals surface area contributed by atoms with Gasteiger partial charge in [-0.15, -0.1) is 11.3 Å². The molecule has 0 bridgehead atoms. The number of aryl methyl sites for hydroxylation is 2. The Morgan fingerprint density at radius 2 is 1.97 bits per heavy atom. The molecule has 7 nitrogen and oxygen atoms in total. The van der Waals surface area contributed by atoms with Crippen molar-refractivity contribution in [3.63, 3.8) is 0 Å². The van der Waals surface area contributed by atoms with Gasteiger partial charge in [-0.25, -0.2) is 23.5 Å². The maximum absolute atomic E-state index is 12.5. The van der Waals surface area contributed by atoms with Crippen LogP contribution < -0.4 is 10.5 Å². The van der Waals surface area contributed by atoms with E-state index in [-0.39, 0.29) is 16.1 Å². The third kappa shape index (κ3) is 5.33. The van der Waals surface area contributed by atoms with Crippen molar-refractivity contribution in [2.45, 2.75) is 48.9 Å². The summed E-state index contributed by atoms with van der Waals surface area (Å²) in [6, 6.07) is 8.22. The van der Waals surface area contributed by atoms with Crippen LogP contribution in [0.25, 0.3) is 10.2 Å². The predicted octanol–water partition coefficient (Wildman–Crippen LogP) is 3.01. The van der Waals surface area contributed by atoms with Crippen molar-refractivity contribution in [1.82, 2.24) is 15.3 Å². The third-order valence-corrected chi connectivity index (χ3v) is 7.45. The average Bonchev–Trinajstić information content (AvgIpc) is 3.09. The molecule has 2 aromatic heterocycles. The zero-order valence-electron chi connectivity index (χ0n) is 16.3. The summed E-state index contributed by atoms with van der Waals surface area (Å²) in [5, 5.41) is 9.42. The molecule has 1 aromatic carbocycles. The van der Waals surface area contributed by atoms with Crippen molar-refractivity contribution in [2.75, 3.05) is 0 Å². The first-order chi connectivity index (χ1) is 13.7. The van der Waals surface area contributed by atoms with Crippen LogP contribution in [0.1, 0.15) is 30.1 Å². The quantitative estimate of drug-likeness (QED) is 0.422. The fourth-order valence-corrected chi connectivity index (χ4v) is 5.25. The molecule has 0 saturated heterocycles. The maximum atomic E-state index is 12.5. The van der Waals surface area contributed by atoms with Crippen LogP contribution in [0.5, 0.6) is 0 Å². The number of primary sulfonamides is 1. The zero-order valence-corrected chi connectivity index (χ0v) is 18.7. The number of benzene rings is 1. The molecule has 3 N–H and O–H groups in total. The molecule has 0 aliphatic rings. The number of hydrogen-bond acceptors (Lipinski definition) is 7. The lowest BCUT2D eigenvalue weighted by molar-refractivity contribution is -0.120. The molecule has 2 heterocycles. The highest BCUT2D eigenvalue weighted by atomic mass is 32.2. The zero-order chi connectivity index (χ0) is 21.2. The minimum absolute atomic E-state index is 0.0434.